The number of benzene rings is 1. The summed E-state index contributed by atoms with van der Waals surface area (Å²) in [5, 5.41) is 0.399. The first kappa shape index (κ1) is 13.0. The molecule has 2 rings (SSSR count). The highest BCUT2D eigenvalue weighted by Crippen LogP contribution is 2.34. The summed E-state index contributed by atoms with van der Waals surface area (Å²) < 4.78 is 50.8. The Balaban J connectivity index is 2.48. The molecule has 1 aromatic carbocycles. The molecular formula is C12H9F4NS. The third-order valence-electron chi connectivity index (χ3n) is 2.56. The summed E-state index contributed by atoms with van der Waals surface area (Å²) in [5.74, 6) is -0.904. The van der Waals surface area contributed by atoms with Gasteiger partial charge in [-0.15, -0.1) is 11.3 Å². The number of halogens is 4. The molecule has 0 saturated heterocycles. The molecular weight excluding hydrogens is 266 g/mol. The summed E-state index contributed by atoms with van der Waals surface area (Å²) in [4.78, 5) is 5.05. The fourth-order valence-corrected chi connectivity index (χ4v) is 2.39. The van der Waals surface area contributed by atoms with Crippen LogP contribution in [0.3, 0.4) is 0 Å². The molecule has 0 fully saturated rings. The lowest BCUT2D eigenvalue weighted by Gasteiger charge is -2.07. The lowest BCUT2D eigenvalue weighted by molar-refractivity contribution is -0.137. The molecule has 6 heteroatoms. The van der Waals surface area contributed by atoms with E-state index in [4.69, 9.17) is 0 Å². The number of nitrogens with zero attached hydrogens (tertiary/aromatic N) is 1. The average molecular weight is 275 g/mol. The standard InChI is InChI=1S/C12H9F4NS/c1-6-7(2)18-11(17-6)9-4-3-8(5-10(9)13)12(14,15)16/h3-5H,1-2H3. The second-order valence-electron chi connectivity index (χ2n) is 3.85. The van der Waals surface area contributed by atoms with Gasteiger partial charge >= 0.3 is 6.18 Å². The van der Waals surface area contributed by atoms with Gasteiger partial charge in [-0.2, -0.15) is 13.2 Å². The summed E-state index contributed by atoms with van der Waals surface area (Å²) in [5.41, 5.74) is -0.132. The number of aromatic nitrogens is 1. The van der Waals surface area contributed by atoms with E-state index in [1.54, 1.807) is 6.92 Å². The van der Waals surface area contributed by atoms with Crippen LogP contribution in [0.1, 0.15) is 16.1 Å². The molecule has 2 aromatic rings. The van der Waals surface area contributed by atoms with Crippen LogP contribution in [-0.2, 0) is 6.18 Å². The van der Waals surface area contributed by atoms with E-state index in [-0.39, 0.29) is 5.56 Å². The van der Waals surface area contributed by atoms with E-state index in [1.807, 2.05) is 6.92 Å². The third kappa shape index (κ3) is 2.38. The molecule has 0 aliphatic rings. The summed E-state index contributed by atoms with van der Waals surface area (Å²) in [6.45, 7) is 3.61. The molecule has 0 atom stereocenters. The quantitative estimate of drug-likeness (QED) is 0.694. The van der Waals surface area contributed by atoms with Gasteiger partial charge in [0.15, 0.2) is 0 Å². The van der Waals surface area contributed by atoms with Gasteiger partial charge in [0.2, 0.25) is 0 Å². The van der Waals surface area contributed by atoms with Crippen molar-refractivity contribution in [2.24, 2.45) is 0 Å². The van der Waals surface area contributed by atoms with E-state index in [2.05, 4.69) is 4.98 Å². The molecule has 0 amide bonds. The smallest absolute Gasteiger partial charge is 0.241 e. The Morgan fingerprint density at radius 1 is 1.17 bits per heavy atom. The normalized spacial score (nSPS) is 11.9. The van der Waals surface area contributed by atoms with Crippen molar-refractivity contribution in [2.75, 3.05) is 0 Å². The van der Waals surface area contributed by atoms with Gasteiger partial charge in [-0.3, -0.25) is 0 Å². The number of aryl methyl sites for hydroxylation is 2. The van der Waals surface area contributed by atoms with E-state index in [9.17, 15) is 17.6 Å². The van der Waals surface area contributed by atoms with Crippen LogP contribution in [0.2, 0.25) is 0 Å². The molecule has 0 aliphatic carbocycles. The molecule has 0 aliphatic heterocycles. The predicted molar refractivity (Wildman–Crippen MR) is 62.0 cm³/mol. The van der Waals surface area contributed by atoms with Crippen molar-refractivity contribution in [1.29, 1.82) is 0 Å². The molecule has 0 saturated carbocycles. The number of thiazole rings is 1. The summed E-state index contributed by atoms with van der Waals surface area (Å²) in [6.07, 6.45) is -4.53. The van der Waals surface area contributed by atoms with Gasteiger partial charge in [-0.05, 0) is 32.0 Å². The van der Waals surface area contributed by atoms with Crippen LogP contribution >= 0.6 is 11.3 Å². The Hall–Kier alpha value is -1.43. The van der Waals surface area contributed by atoms with Gasteiger partial charge in [-0.1, -0.05) is 0 Å². The van der Waals surface area contributed by atoms with Gasteiger partial charge in [-0.25, -0.2) is 9.37 Å². The Kier molecular flexibility index (Phi) is 3.14. The maximum atomic E-state index is 13.7. The highest BCUT2D eigenvalue weighted by molar-refractivity contribution is 7.15. The molecule has 18 heavy (non-hydrogen) atoms. The monoisotopic (exact) mass is 275 g/mol. The molecule has 0 unspecified atom stereocenters. The molecule has 96 valence electrons. The first-order chi connectivity index (χ1) is 8.29. The van der Waals surface area contributed by atoms with Crippen LogP contribution in [0.5, 0.6) is 0 Å². The molecule has 1 nitrogen and oxygen atoms in total. The van der Waals surface area contributed by atoms with Crippen LogP contribution in [0.25, 0.3) is 10.6 Å². The van der Waals surface area contributed by atoms with E-state index >= 15 is 0 Å². The minimum Gasteiger partial charge on any atom is -0.241 e. The van der Waals surface area contributed by atoms with Crippen molar-refractivity contribution in [3.8, 4) is 10.6 Å². The minimum absolute atomic E-state index is 0.101. The van der Waals surface area contributed by atoms with Crippen LogP contribution in [0, 0.1) is 19.7 Å². The zero-order chi connectivity index (χ0) is 13.5. The maximum Gasteiger partial charge on any atom is 0.416 e. The molecule has 0 N–H and O–H groups in total. The number of alkyl halides is 3. The first-order valence-corrected chi connectivity index (χ1v) is 5.92. The molecule has 1 aromatic heterocycles. The number of hydrogen-bond acceptors (Lipinski definition) is 2. The van der Waals surface area contributed by atoms with E-state index < -0.39 is 17.6 Å². The van der Waals surface area contributed by atoms with E-state index in [0.29, 0.717) is 11.1 Å². The van der Waals surface area contributed by atoms with Crippen molar-refractivity contribution in [3.05, 3.63) is 40.2 Å². The van der Waals surface area contributed by atoms with Crippen molar-refractivity contribution >= 4 is 11.3 Å². The summed E-state index contributed by atoms with van der Waals surface area (Å²) in [6, 6.07) is 2.49. The average Bonchev–Trinajstić information content (AvgIpc) is 2.57. The largest absolute Gasteiger partial charge is 0.416 e. The second-order valence-corrected chi connectivity index (χ2v) is 5.06. The van der Waals surface area contributed by atoms with Gasteiger partial charge in [0.25, 0.3) is 0 Å². The Labute approximate surface area is 105 Å². The number of hydrogen-bond donors (Lipinski definition) is 0. The molecule has 0 bridgehead atoms. The molecule has 0 spiro atoms. The van der Waals surface area contributed by atoms with Crippen molar-refractivity contribution in [2.45, 2.75) is 20.0 Å². The van der Waals surface area contributed by atoms with Gasteiger partial charge < -0.3 is 0 Å². The Bertz CT molecular complexity index is 567. The lowest BCUT2D eigenvalue weighted by atomic mass is 10.1. The highest BCUT2D eigenvalue weighted by atomic mass is 32.1. The van der Waals surface area contributed by atoms with Gasteiger partial charge in [0, 0.05) is 10.4 Å². The van der Waals surface area contributed by atoms with Gasteiger partial charge in [0.1, 0.15) is 10.8 Å². The van der Waals surface area contributed by atoms with E-state index in [1.165, 1.54) is 11.3 Å². The summed E-state index contributed by atoms with van der Waals surface area (Å²) >= 11 is 1.26. The van der Waals surface area contributed by atoms with Gasteiger partial charge in [0.05, 0.1) is 11.3 Å². The zero-order valence-electron chi connectivity index (χ0n) is 9.60. The van der Waals surface area contributed by atoms with Crippen molar-refractivity contribution in [1.82, 2.24) is 4.98 Å². The van der Waals surface area contributed by atoms with Crippen LogP contribution in [0.15, 0.2) is 18.2 Å². The molecule has 1 heterocycles. The van der Waals surface area contributed by atoms with Crippen LogP contribution in [-0.4, -0.2) is 4.98 Å². The van der Waals surface area contributed by atoms with Crippen LogP contribution in [0.4, 0.5) is 17.6 Å². The fourth-order valence-electron chi connectivity index (χ4n) is 1.45. The first-order valence-electron chi connectivity index (χ1n) is 5.10. The fraction of sp³-hybridized carbons (Fsp3) is 0.250. The zero-order valence-corrected chi connectivity index (χ0v) is 10.4. The summed E-state index contributed by atoms with van der Waals surface area (Å²) in [7, 11) is 0. The second kappa shape index (κ2) is 4.35. The highest BCUT2D eigenvalue weighted by Gasteiger charge is 2.31. The van der Waals surface area contributed by atoms with Crippen LogP contribution < -0.4 is 0 Å². The molecule has 0 radical (unpaired) electrons. The third-order valence-corrected chi connectivity index (χ3v) is 3.66. The van der Waals surface area contributed by atoms with Crippen molar-refractivity contribution < 1.29 is 17.6 Å². The topological polar surface area (TPSA) is 12.9 Å². The Morgan fingerprint density at radius 3 is 2.28 bits per heavy atom. The van der Waals surface area contributed by atoms with E-state index in [0.717, 1.165) is 22.7 Å². The Morgan fingerprint density at radius 2 is 1.83 bits per heavy atom. The van der Waals surface area contributed by atoms with Crippen molar-refractivity contribution in [3.63, 3.8) is 0 Å². The number of rotatable bonds is 1. The predicted octanol–water partition coefficient (Wildman–Crippen LogP) is 4.58. The lowest BCUT2D eigenvalue weighted by Crippen LogP contribution is -2.05. The maximum absolute atomic E-state index is 13.7. The SMILES string of the molecule is Cc1nc(-c2ccc(C(F)(F)F)cc2F)sc1C. The minimum atomic E-state index is -4.53.